The highest BCUT2D eigenvalue weighted by molar-refractivity contribution is 7.09. The molecule has 2 fully saturated rings. The lowest BCUT2D eigenvalue weighted by Crippen LogP contribution is -2.57. The van der Waals surface area contributed by atoms with Gasteiger partial charge in [-0.25, -0.2) is 4.98 Å². The predicted octanol–water partition coefficient (Wildman–Crippen LogP) is 1.60. The molecule has 0 atom stereocenters. The van der Waals surface area contributed by atoms with Gasteiger partial charge >= 0.3 is 0 Å². The first-order valence-electron chi connectivity index (χ1n) is 6.19. The molecule has 3 rings (SSSR count). The lowest BCUT2D eigenvalue weighted by atomic mass is 10.1. The highest BCUT2D eigenvalue weighted by Gasteiger charge is 2.31. The van der Waals surface area contributed by atoms with Crippen molar-refractivity contribution in [3.8, 4) is 0 Å². The number of nitrogens with zero attached hydrogens (tertiary/aromatic N) is 3. The van der Waals surface area contributed by atoms with Gasteiger partial charge in [-0.05, 0) is 19.3 Å². The summed E-state index contributed by atoms with van der Waals surface area (Å²) < 4.78 is 4.49. The molecule has 1 saturated carbocycles. The molecular formula is C11H18N4S. The summed E-state index contributed by atoms with van der Waals surface area (Å²) in [5.41, 5.74) is 0. The minimum atomic E-state index is 0.639. The number of rotatable bonds is 5. The lowest BCUT2D eigenvalue weighted by molar-refractivity contribution is 0.412. The van der Waals surface area contributed by atoms with Crippen LogP contribution in [0.2, 0.25) is 0 Å². The average molecular weight is 238 g/mol. The van der Waals surface area contributed by atoms with E-state index in [9.17, 15) is 0 Å². The number of nitrogens with one attached hydrogen (secondary N) is 1. The second kappa shape index (κ2) is 4.30. The van der Waals surface area contributed by atoms with Crippen molar-refractivity contribution in [1.29, 1.82) is 0 Å². The monoisotopic (exact) mass is 238 g/mol. The zero-order chi connectivity index (χ0) is 11.0. The van der Waals surface area contributed by atoms with Gasteiger partial charge in [0.15, 0.2) is 0 Å². The van der Waals surface area contributed by atoms with Crippen LogP contribution in [0.1, 0.15) is 37.9 Å². The van der Waals surface area contributed by atoms with Crippen LogP contribution < -0.4 is 10.2 Å². The van der Waals surface area contributed by atoms with Gasteiger partial charge in [0.1, 0.15) is 5.82 Å². The van der Waals surface area contributed by atoms with E-state index in [0.717, 1.165) is 30.6 Å². The van der Waals surface area contributed by atoms with E-state index >= 15 is 0 Å². The quantitative estimate of drug-likeness (QED) is 0.846. The first-order chi connectivity index (χ1) is 7.88. The largest absolute Gasteiger partial charge is 0.341 e. The third kappa shape index (κ3) is 1.94. The summed E-state index contributed by atoms with van der Waals surface area (Å²) in [5.74, 6) is 1.77. The molecule has 0 radical (unpaired) electrons. The Morgan fingerprint density at radius 3 is 2.81 bits per heavy atom. The standard InChI is InChI=1S/C11H18N4S/c1-2-5-15(9-6-12-7-9)11-13-10(14-16-11)8-3-4-8/h8-9,12H,2-7H2,1H3. The van der Waals surface area contributed by atoms with E-state index < -0.39 is 0 Å². The number of hydrogen-bond donors (Lipinski definition) is 1. The minimum absolute atomic E-state index is 0.639. The molecule has 0 amide bonds. The lowest BCUT2D eigenvalue weighted by Gasteiger charge is -2.37. The van der Waals surface area contributed by atoms with E-state index in [0.29, 0.717) is 12.0 Å². The molecule has 1 aromatic heterocycles. The summed E-state index contributed by atoms with van der Waals surface area (Å²) in [4.78, 5) is 7.13. The van der Waals surface area contributed by atoms with Crippen molar-refractivity contribution < 1.29 is 0 Å². The van der Waals surface area contributed by atoms with Gasteiger partial charge in [-0.3, -0.25) is 0 Å². The molecule has 88 valence electrons. The second-order valence-electron chi connectivity index (χ2n) is 4.71. The third-order valence-corrected chi connectivity index (χ3v) is 4.05. The van der Waals surface area contributed by atoms with Crippen LogP contribution >= 0.6 is 11.5 Å². The van der Waals surface area contributed by atoms with Crippen LogP contribution in [-0.4, -0.2) is 35.0 Å². The Kier molecular flexibility index (Phi) is 2.81. The molecule has 5 heteroatoms. The molecule has 1 aromatic rings. The summed E-state index contributed by atoms with van der Waals surface area (Å²) in [5, 5.41) is 4.46. The number of aromatic nitrogens is 2. The maximum atomic E-state index is 4.70. The Labute approximate surface area is 100 Å². The summed E-state index contributed by atoms with van der Waals surface area (Å²) in [6, 6.07) is 0.639. The number of hydrogen-bond acceptors (Lipinski definition) is 5. The van der Waals surface area contributed by atoms with Gasteiger partial charge in [-0.2, -0.15) is 4.37 Å². The fourth-order valence-electron chi connectivity index (χ4n) is 2.02. The molecule has 4 nitrogen and oxygen atoms in total. The normalized spacial score (nSPS) is 20.8. The molecule has 0 aromatic carbocycles. The van der Waals surface area contributed by atoms with Crippen LogP contribution in [0.4, 0.5) is 5.13 Å². The predicted molar refractivity (Wildman–Crippen MR) is 66.2 cm³/mol. The number of anilines is 1. The molecule has 1 aliphatic heterocycles. The van der Waals surface area contributed by atoms with E-state index in [4.69, 9.17) is 4.98 Å². The van der Waals surface area contributed by atoms with E-state index in [1.165, 1.54) is 19.3 Å². The zero-order valence-corrected chi connectivity index (χ0v) is 10.5. The maximum Gasteiger partial charge on any atom is 0.205 e. The summed E-state index contributed by atoms with van der Waals surface area (Å²) in [7, 11) is 0. The Balaban J connectivity index is 1.74. The molecule has 1 saturated heterocycles. The Morgan fingerprint density at radius 2 is 2.25 bits per heavy atom. The van der Waals surface area contributed by atoms with Crippen LogP contribution in [0, 0.1) is 0 Å². The first-order valence-corrected chi connectivity index (χ1v) is 6.96. The molecule has 16 heavy (non-hydrogen) atoms. The first kappa shape index (κ1) is 10.5. The van der Waals surface area contributed by atoms with Crippen LogP contribution in [0.5, 0.6) is 0 Å². The van der Waals surface area contributed by atoms with Crippen LogP contribution in [-0.2, 0) is 0 Å². The van der Waals surface area contributed by atoms with Gasteiger partial charge in [-0.1, -0.05) is 6.92 Å². The molecule has 2 aliphatic rings. The fraction of sp³-hybridized carbons (Fsp3) is 0.818. The van der Waals surface area contributed by atoms with Crippen molar-refractivity contribution in [3.05, 3.63) is 5.82 Å². The van der Waals surface area contributed by atoms with Gasteiger partial charge in [-0.15, -0.1) is 0 Å². The van der Waals surface area contributed by atoms with E-state index in [1.807, 2.05) is 0 Å². The molecule has 1 N–H and O–H groups in total. The van der Waals surface area contributed by atoms with E-state index in [1.54, 1.807) is 11.5 Å². The van der Waals surface area contributed by atoms with Gasteiger partial charge in [0.2, 0.25) is 5.13 Å². The van der Waals surface area contributed by atoms with Crippen LogP contribution in [0.25, 0.3) is 0 Å². The summed E-state index contributed by atoms with van der Waals surface area (Å²) >= 11 is 1.58. The Bertz CT molecular complexity index is 357. The highest BCUT2D eigenvalue weighted by Crippen LogP contribution is 2.40. The van der Waals surface area contributed by atoms with Crippen molar-refractivity contribution >= 4 is 16.7 Å². The SMILES string of the molecule is CCCN(c1nc(C2CC2)ns1)C1CNC1. The minimum Gasteiger partial charge on any atom is -0.341 e. The molecule has 0 bridgehead atoms. The summed E-state index contributed by atoms with van der Waals surface area (Å²) in [6.07, 6.45) is 3.75. The van der Waals surface area contributed by atoms with Crippen molar-refractivity contribution in [1.82, 2.24) is 14.7 Å². The Hall–Kier alpha value is -0.680. The van der Waals surface area contributed by atoms with Crippen molar-refractivity contribution in [2.45, 2.75) is 38.1 Å². The molecular weight excluding hydrogens is 220 g/mol. The van der Waals surface area contributed by atoms with Crippen molar-refractivity contribution in [3.63, 3.8) is 0 Å². The molecule has 2 heterocycles. The highest BCUT2D eigenvalue weighted by atomic mass is 32.1. The maximum absolute atomic E-state index is 4.70. The van der Waals surface area contributed by atoms with Crippen LogP contribution in [0.15, 0.2) is 0 Å². The van der Waals surface area contributed by atoms with Gasteiger partial charge in [0.25, 0.3) is 0 Å². The van der Waals surface area contributed by atoms with Crippen LogP contribution in [0.3, 0.4) is 0 Å². The Morgan fingerprint density at radius 1 is 1.44 bits per heavy atom. The second-order valence-corrected chi connectivity index (χ2v) is 5.45. The van der Waals surface area contributed by atoms with Crippen molar-refractivity contribution in [2.24, 2.45) is 0 Å². The third-order valence-electron chi connectivity index (χ3n) is 3.28. The fourth-order valence-corrected chi connectivity index (χ4v) is 2.86. The molecule has 0 spiro atoms. The zero-order valence-electron chi connectivity index (χ0n) is 9.65. The van der Waals surface area contributed by atoms with E-state index in [-0.39, 0.29) is 0 Å². The van der Waals surface area contributed by atoms with Crippen molar-refractivity contribution in [2.75, 3.05) is 24.5 Å². The topological polar surface area (TPSA) is 41.1 Å². The van der Waals surface area contributed by atoms with E-state index in [2.05, 4.69) is 21.5 Å². The average Bonchev–Trinajstić information content (AvgIpc) is 2.94. The summed E-state index contributed by atoms with van der Waals surface area (Å²) in [6.45, 7) is 5.52. The van der Waals surface area contributed by atoms with Gasteiger partial charge in [0.05, 0.1) is 6.04 Å². The van der Waals surface area contributed by atoms with Gasteiger partial charge in [0, 0.05) is 37.1 Å². The smallest absolute Gasteiger partial charge is 0.205 e. The molecule has 0 unspecified atom stereocenters. The van der Waals surface area contributed by atoms with Gasteiger partial charge < -0.3 is 10.2 Å². The molecule has 1 aliphatic carbocycles.